The van der Waals surface area contributed by atoms with Gasteiger partial charge in [-0.1, -0.05) is 28.9 Å². The minimum atomic E-state index is 0.277. The van der Waals surface area contributed by atoms with E-state index in [1.807, 2.05) is 25.1 Å². The molecule has 0 bridgehead atoms. The van der Waals surface area contributed by atoms with Gasteiger partial charge in [-0.3, -0.25) is 0 Å². The lowest BCUT2D eigenvalue weighted by Crippen LogP contribution is -2.12. The van der Waals surface area contributed by atoms with Crippen LogP contribution >= 0.6 is 11.6 Å². The summed E-state index contributed by atoms with van der Waals surface area (Å²) in [5.74, 6) is 0.277. The third-order valence-electron chi connectivity index (χ3n) is 2.51. The number of oxime groups is 1. The molecule has 1 rings (SSSR count). The largest absolute Gasteiger partial charge is 0.409 e. The van der Waals surface area contributed by atoms with Gasteiger partial charge in [0.25, 0.3) is 0 Å². The lowest BCUT2D eigenvalue weighted by atomic mass is 10.2. The second-order valence-corrected chi connectivity index (χ2v) is 4.31. The number of halogens is 1. The van der Waals surface area contributed by atoms with Gasteiger partial charge < -0.3 is 16.3 Å². The maximum atomic E-state index is 8.37. The van der Waals surface area contributed by atoms with Crippen LogP contribution in [0, 0.1) is 6.92 Å². The second-order valence-electron chi connectivity index (χ2n) is 3.91. The maximum absolute atomic E-state index is 8.37. The first-order chi connectivity index (χ1) is 8.15. The number of hydrogen-bond acceptors (Lipinski definition) is 3. The van der Waals surface area contributed by atoms with Gasteiger partial charge in [0, 0.05) is 13.0 Å². The Morgan fingerprint density at radius 1 is 1.47 bits per heavy atom. The summed E-state index contributed by atoms with van der Waals surface area (Å²) < 4.78 is 0. The molecule has 94 valence electrons. The van der Waals surface area contributed by atoms with E-state index in [9.17, 15) is 0 Å². The van der Waals surface area contributed by atoms with Gasteiger partial charge in [0.05, 0.1) is 10.7 Å². The third kappa shape index (κ3) is 4.53. The van der Waals surface area contributed by atoms with E-state index in [0.717, 1.165) is 35.7 Å². The molecule has 0 saturated heterocycles. The quantitative estimate of drug-likeness (QED) is 0.241. The molecule has 0 heterocycles. The van der Waals surface area contributed by atoms with Crippen LogP contribution in [-0.2, 0) is 0 Å². The SMILES string of the molecule is Cc1cccc(Cl)c1NCCCCC(N)=NO. The molecule has 0 radical (unpaired) electrons. The van der Waals surface area contributed by atoms with E-state index in [1.165, 1.54) is 0 Å². The van der Waals surface area contributed by atoms with Gasteiger partial charge in [-0.05, 0) is 31.4 Å². The molecule has 5 heteroatoms. The van der Waals surface area contributed by atoms with Crippen molar-refractivity contribution in [2.24, 2.45) is 10.9 Å². The van der Waals surface area contributed by atoms with Gasteiger partial charge in [0.15, 0.2) is 0 Å². The number of anilines is 1. The lowest BCUT2D eigenvalue weighted by molar-refractivity contribution is 0.316. The molecule has 0 fully saturated rings. The molecule has 4 nitrogen and oxygen atoms in total. The molecule has 0 amide bonds. The molecule has 0 aliphatic rings. The Bertz CT molecular complexity index is 373. The number of hydrogen-bond donors (Lipinski definition) is 3. The Morgan fingerprint density at radius 2 is 2.24 bits per heavy atom. The molecular weight excluding hydrogens is 238 g/mol. The summed E-state index contributed by atoms with van der Waals surface area (Å²) in [7, 11) is 0. The highest BCUT2D eigenvalue weighted by Gasteiger charge is 2.02. The molecule has 0 atom stereocenters. The van der Waals surface area contributed by atoms with Gasteiger partial charge in [-0.25, -0.2) is 0 Å². The molecule has 1 aromatic rings. The van der Waals surface area contributed by atoms with E-state index in [1.54, 1.807) is 0 Å². The van der Waals surface area contributed by atoms with Crippen LogP contribution in [0.4, 0.5) is 5.69 Å². The Kier molecular flexibility index (Phi) is 5.63. The molecule has 0 aliphatic carbocycles. The zero-order chi connectivity index (χ0) is 12.7. The third-order valence-corrected chi connectivity index (χ3v) is 2.83. The Labute approximate surface area is 106 Å². The van der Waals surface area contributed by atoms with Crippen molar-refractivity contribution in [3.05, 3.63) is 28.8 Å². The summed E-state index contributed by atoms with van der Waals surface area (Å²) in [6.07, 6.45) is 2.44. The zero-order valence-electron chi connectivity index (χ0n) is 9.91. The molecule has 17 heavy (non-hydrogen) atoms. The van der Waals surface area contributed by atoms with E-state index in [0.29, 0.717) is 6.42 Å². The minimum absolute atomic E-state index is 0.277. The Hall–Kier alpha value is -1.42. The minimum Gasteiger partial charge on any atom is -0.409 e. The van der Waals surface area contributed by atoms with Crippen molar-refractivity contribution in [3.8, 4) is 0 Å². The highest BCUT2D eigenvalue weighted by Crippen LogP contribution is 2.25. The average molecular weight is 256 g/mol. The van der Waals surface area contributed by atoms with Crippen LogP contribution in [0.2, 0.25) is 5.02 Å². The van der Waals surface area contributed by atoms with E-state index in [4.69, 9.17) is 22.5 Å². The van der Waals surface area contributed by atoms with Crippen LogP contribution in [-0.4, -0.2) is 17.6 Å². The monoisotopic (exact) mass is 255 g/mol. The molecular formula is C12H18ClN3O. The van der Waals surface area contributed by atoms with Crippen molar-refractivity contribution in [1.29, 1.82) is 0 Å². The average Bonchev–Trinajstić information content (AvgIpc) is 2.31. The fourth-order valence-corrected chi connectivity index (χ4v) is 1.84. The predicted molar refractivity (Wildman–Crippen MR) is 71.9 cm³/mol. The number of benzene rings is 1. The number of nitrogens with two attached hydrogens (primary N) is 1. The maximum Gasteiger partial charge on any atom is 0.139 e. The first-order valence-electron chi connectivity index (χ1n) is 5.60. The van der Waals surface area contributed by atoms with E-state index in [2.05, 4.69) is 10.5 Å². The smallest absolute Gasteiger partial charge is 0.139 e. The van der Waals surface area contributed by atoms with Crippen molar-refractivity contribution in [1.82, 2.24) is 0 Å². The van der Waals surface area contributed by atoms with E-state index < -0.39 is 0 Å². The number of para-hydroxylation sites is 1. The van der Waals surface area contributed by atoms with Crippen LogP contribution < -0.4 is 11.1 Å². The molecule has 4 N–H and O–H groups in total. The highest BCUT2D eigenvalue weighted by atomic mass is 35.5. The number of amidine groups is 1. The topological polar surface area (TPSA) is 70.6 Å². The fraction of sp³-hybridized carbons (Fsp3) is 0.417. The number of nitrogens with zero attached hydrogens (tertiary/aromatic N) is 1. The second kappa shape index (κ2) is 7.01. The first kappa shape index (κ1) is 13.6. The van der Waals surface area contributed by atoms with E-state index in [-0.39, 0.29) is 5.84 Å². The predicted octanol–water partition coefficient (Wildman–Crippen LogP) is 2.98. The number of nitrogens with one attached hydrogen (secondary N) is 1. The summed E-state index contributed by atoms with van der Waals surface area (Å²) in [5, 5.41) is 15.3. The number of rotatable bonds is 6. The van der Waals surface area contributed by atoms with Crippen LogP contribution in [0.25, 0.3) is 0 Å². The van der Waals surface area contributed by atoms with Gasteiger partial charge in [-0.15, -0.1) is 0 Å². The summed E-state index contributed by atoms with van der Waals surface area (Å²) in [5.41, 5.74) is 7.49. The van der Waals surface area contributed by atoms with Crippen molar-refractivity contribution in [3.63, 3.8) is 0 Å². The zero-order valence-corrected chi connectivity index (χ0v) is 10.7. The molecule has 1 aromatic carbocycles. The Morgan fingerprint density at radius 3 is 2.88 bits per heavy atom. The van der Waals surface area contributed by atoms with Gasteiger partial charge in [-0.2, -0.15) is 0 Å². The van der Waals surface area contributed by atoms with E-state index >= 15 is 0 Å². The van der Waals surface area contributed by atoms with Crippen LogP contribution in [0.1, 0.15) is 24.8 Å². The van der Waals surface area contributed by atoms with Crippen LogP contribution in [0.15, 0.2) is 23.4 Å². The van der Waals surface area contributed by atoms with Gasteiger partial charge >= 0.3 is 0 Å². The van der Waals surface area contributed by atoms with Crippen LogP contribution in [0.3, 0.4) is 0 Å². The first-order valence-corrected chi connectivity index (χ1v) is 5.98. The summed E-state index contributed by atoms with van der Waals surface area (Å²) in [6, 6.07) is 5.82. The molecule has 0 saturated carbocycles. The standard InChI is InChI=1S/C12H18ClN3O/c1-9-5-4-6-10(13)12(9)15-8-3-2-7-11(14)16-17/h4-6,15,17H,2-3,7-8H2,1H3,(H2,14,16). The lowest BCUT2D eigenvalue weighted by Gasteiger charge is -2.10. The summed E-state index contributed by atoms with van der Waals surface area (Å²) in [4.78, 5) is 0. The fourth-order valence-electron chi connectivity index (χ4n) is 1.55. The van der Waals surface area contributed by atoms with Crippen molar-refractivity contribution >= 4 is 23.1 Å². The highest BCUT2D eigenvalue weighted by molar-refractivity contribution is 6.33. The summed E-state index contributed by atoms with van der Waals surface area (Å²) >= 11 is 6.08. The van der Waals surface area contributed by atoms with Crippen LogP contribution in [0.5, 0.6) is 0 Å². The number of aryl methyl sites for hydroxylation is 1. The van der Waals surface area contributed by atoms with Gasteiger partial charge in [0.1, 0.15) is 5.84 Å². The van der Waals surface area contributed by atoms with Crippen molar-refractivity contribution < 1.29 is 5.21 Å². The van der Waals surface area contributed by atoms with Gasteiger partial charge in [0.2, 0.25) is 0 Å². The molecule has 0 aliphatic heterocycles. The Balaban J connectivity index is 2.32. The molecule has 0 aromatic heterocycles. The normalized spacial score (nSPS) is 11.5. The van der Waals surface area contributed by atoms with Crippen molar-refractivity contribution in [2.45, 2.75) is 26.2 Å². The number of unbranched alkanes of at least 4 members (excludes halogenated alkanes) is 1. The summed E-state index contributed by atoms with van der Waals surface area (Å²) in [6.45, 7) is 2.84. The van der Waals surface area contributed by atoms with Crippen molar-refractivity contribution in [2.75, 3.05) is 11.9 Å². The molecule has 0 unspecified atom stereocenters. The molecule has 0 spiro atoms.